The fourth-order valence-electron chi connectivity index (χ4n) is 3.13. The van der Waals surface area contributed by atoms with E-state index in [2.05, 4.69) is 4.98 Å². The van der Waals surface area contributed by atoms with Crippen LogP contribution < -0.4 is 4.90 Å². The number of thioether (sulfide) groups is 1. The molecule has 0 saturated carbocycles. The molecule has 2 aromatic rings. The Labute approximate surface area is 160 Å². The van der Waals surface area contributed by atoms with Gasteiger partial charge in [-0.15, -0.1) is 11.8 Å². The predicted molar refractivity (Wildman–Crippen MR) is 98.6 cm³/mol. The number of carbonyl (C=O) groups is 2. The molecule has 1 aliphatic heterocycles. The van der Waals surface area contributed by atoms with Gasteiger partial charge in [-0.25, -0.2) is 4.98 Å². The van der Waals surface area contributed by atoms with Crippen LogP contribution in [-0.4, -0.2) is 46.1 Å². The number of carbonyl (C=O) groups excluding carboxylic acids is 2. The lowest BCUT2D eigenvalue weighted by Gasteiger charge is -2.21. The Hall–Kier alpha value is -2.42. The Bertz CT molecular complexity index is 825. The van der Waals surface area contributed by atoms with E-state index in [4.69, 9.17) is 0 Å². The third kappa shape index (κ3) is 4.13. The van der Waals surface area contributed by atoms with Gasteiger partial charge >= 0.3 is 6.55 Å². The summed E-state index contributed by atoms with van der Waals surface area (Å²) in [5, 5.41) is 0. The number of halogens is 2. The fraction of sp³-hybridized carbons (Fsp3) is 0.389. The maximum atomic E-state index is 12.9. The van der Waals surface area contributed by atoms with Crippen molar-refractivity contribution < 1.29 is 18.4 Å². The summed E-state index contributed by atoms with van der Waals surface area (Å²) in [6, 6.07) is 7.58. The molecule has 1 aliphatic rings. The lowest BCUT2D eigenvalue weighted by Crippen LogP contribution is -2.35. The van der Waals surface area contributed by atoms with Gasteiger partial charge in [0.1, 0.15) is 5.82 Å². The molecule has 0 aliphatic carbocycles. The van der Waals surface area contributed by atoms with Gasteiger partial charge in [0.15, 0.2) is 0 Å². The van der Waals surface area contributed by atoms with E-state index in [-0.39, 0.29) is 37.1 Å². The van der Waals surface area contributed by atoms with Crippen molar-refractivity contribution in [3.8, 4) is 0 Å². The van der Waals surface area contributed by atoms with Gasteiger partial charge in [0.05, 0.1) is 12.5 Å². The van der Waals surface area contributed by atoms with Crippen molar-refractivity contribution in [2.45, 2.75) is 24.4 Å². The number of anilines is 1. The van der Waals surface area contributed by atoms with Crippen molar-refractivity contribution in [3.63, 3.8) is 0 Å². The molecule has 1 aromatic carbocycles. The molecule has 0 spiro atoms. The molecule has 0 bridgehead atoms. The topological polar surface area (TPSA) is 58.4 Å². The summed E-state index contributed by atoms with van der Waals surface area (Å²) < 4.78 is 26.6. The van der Waals surface area contributed by atoms with Crippen LogP contribution in [0.5, 0.6) is 0 Å². The molecule has 1 fully saturated rings. The summed E-state index contributed by atoms with van der Waals surface area (Å²) in [4.78, 5) is 33.0. The van der Waals surface area contributed by atoms with Crippen molar-refractivity contribution in [2.24, 2.45) is 5.92 Å². The third-order valence-corrected chi connectivity index (χ3v) is 5.32. The van der Waals surface area contributed by atoms with E-state index in [9.17, 15) is 18.4 Å². The molecule has 144 valence electrons. The van der Waals surface area contributed by atoms with Crippen LogP contribution in [0.25, 0.3) is 0 Å². The number of benzene rings is 1. The summed E-state index contributed by atoms with van der Waals surface area (Å²) in [5.41, 5.74) is 0.754. The van der Waals surface area contributed by atoms with Gasteiger partial charge in [0.25, 0.3) is 0 Å². The number of nitrogens with zero attached hydrogens (tertiary/aromatic N) is 4. The summed E-state index contributed by atoms with van der Waals surface area (Å²) in [6.45, 7) is -2.47. The van der Waals surface area contributed by atoms with Gasteiger partial charge in [-0.2, -0.15) is 8.78 Å². The first-order valence-corrected chi connectivity index (χ1v) is 9.62. The summed E-state index contributed by atoms with van der Waals surface area (Å²) in [6.07, 6.45) is 4.53. The maximum Gasteiger partial charge on any atom is 0.319 e. The Morgan fingerprint density at radius 1 is 1.37 bits per heavy atom. The van der Waals surface area contributed by atoms with Gasteiger partial charge in [-0.05, 0) is 30.5 Å². The van der Waals surface area contributed by atoms with Crippen LogP contribution in [0.15, 0.2) is 41.6 Å². The highest BCUT2D eigenvalue weighted by atomic mass is 32.2. The lowest BCUT2D eigenvalue weighted by atomic mass is 10.1. The first-order chi connectivity index (χ1) is 12.9. The van der Waals surface area contributed by atoms with Crippen molar-refractivity contribution in [1.29, 1.82) is 0 Å². The molecule has 1 unspecified atom stereocenters. The molecule has 0 N–H and O–H groups in total. The molecular formula is C18H20F2N4O2S. The number of hydrogen-bond acceptors (Lipinski definition) is 4. The van der Waals surface area contributed by atoms with E-state index in [1.54, 1.807) is 16.7 Å². The smallest absolute Gasteiger partial charge is 0.319 e. The van der Waals surface area contributed by atoms with Crippen molar-refractivity contribution in [3.05, 3.63) is 42.5 Å². The van der Waals surface area contributed by atoms with Crippen LogP contribution in [0.2, 0.25) is 0 Å². The summed E-state index contributed by atoms with van der Waals surface area (Å²) in [5.74, 6) is -0.768. The SMILES string of the molecule is CSc1ccc(N2CC(C(=O)N(C)Cc3nccn3C(F)F)CC2=O)cc1. The number of aromatic nitrogens is 2. The predicted octanol–water partition coefficient (Wildman–Crippen LogP) is 3.01. The van der Waals surface area contributed by atoms with E-state index in [0.29, 0.717) is 0 Å². The average molecular weight is 394 g/mol. The zero-order valence-electron chi connectivity index (χ0n) is 15.0. The quantitative estimate of drug-likeness (QED) is 0.707. The van der Waals surface area contributed by atoms with E-state index in [1.807, 2.05) is 30.5 Å². The minimum Gasteiger partial charge on any atom is -0.338 e. The zero-order chi connectivity index (χ0) is 19.6. The van der Waals surface area contributed by atoms with Crippen molar-refractivity contribution >= 4 is 29.3 Å². The average Bonchev–Trinajstić information content (AvgIpc) is 3.27. The van der Waals surface area contributed by atoms with Crippen LogP contribution in [-0.2, 0) is 16.1 Å². The minimum absolute atomic E-state index is 0.0384. The highest BCUT2D eigenvalue weighted by Gasteiger charge is 2.36. The molecular weight excluding hydrogens is 374 g/mol. The second kappa shape index (κ2) is 8.08. The van der Waals surface area contributed by atoms with E-state index in [0.717, 1.165) is 15.1 Å². The second-order valence-corrected chi connectivity index (χ2v) is 7.21. The maximum absolute atomic E-state index is 12.9. The highest BCUT2D eigenvalue weighted by molar-refractivity contribution is 7.98. The molecule has 1 saturated heterocycles. The third-order valence-electron chi connectivity index (χ3n) is 4.57. The minimum atomic E-state index is -2.71. The van der Waals surface area contributed by atoms with E-state index >= 15 is 0 Å². The Kier molecular flexibility index (Phi) is 5.79. The molecule has 3 rings (SSSR count). The monoisotopic (exact) mass is 394 g/mol. The summed E-state index contributed by atoms with van der Waals surface area (Å²) in [7, 11) is 1.53. The Morgan fingerprint density at radius 2 is 2.07 bits per heavy atom. The molecule has 1 atom stereocenters. The zero-order valence-corrected chi connectivity index (χ0v) is 15.8. The van der Waals surface area contributed by atoms with Gasteiger partial charge in [0.2, 0.25) is 11.8 Å². The highest BCUT2D eigenvalue weighted by Crippen LogP contribution is 2.28. The lowest BCUT2D eigenvalue weighted by molar-refractivity contribution is -0.135. The van der Waals surface area contributed by atoms with E-state index in [1.165, 1.54) is 24.3 Å². The van der Waals surface area contributed by atoms with Crippen LogP contribution in [0, 0.1) is 5.92 Å². The number of hydrogen-bond donors (Lipinski definition) is 0. The second-order valence-electron chi connectivity index (χ2n) is 6.33. The first-order valence-electron chi connectivity index (χ1n) is 8.40. The first kappa shape index (κ1) is 19.3. The standard InChI is InChI=1S/C18H20F2N4O2S/c1-22(11-15-21-7-8-23(15)18(19)20)17(26)12-9-16(25)24(10-12)13-3-5-14(27-2)6-4-13/h3-8,12,18H,9-11H2,1-2H3. The van der Waals surface area contributed by atoms with Crippen LogP contribution in [0.1, 0.15) is 18.8 Å². The molecule has 2 heterocycles. The molecule has 27 heavy (non-hydrogen) atoms. The van der Waals surface area contributed by atoms with Gasteiger partial charge in [-0.1, -0.05) is 0 Å². The van der Waals surface area contributed by atoms with Crippen molar-refractivity contribution in [2.75, 3.05) is 24.7 Å². The van der Waals surface area contributed by atoms with Gasteiger partial charge in [0, 0.05) is 43.0 Å². The molecule has 1 aromatic heterocycles. The number of alkyl halides is 2. The molecule has 6 nitrogen and oxygen atoms in total. The molecule has 2 amide bonds. The normalized spacial score (nSPS) is 17.0. The Morgan fingerprint density at radius 3 is 2.70 bits per heavy atom. The number of rotatable bonds is 6. The van der Waals surface area contributed by atoms with Crippen LogP contribution in [0.3, 0.4) is 0 Å². The van der Waals surface area contributed by atoms with Gasteiger partial charge < -0.3 is 9.80 Å². The number of amides is 2. The van der Waals surface area contributed by atoms with Crippen LogP contribution in [0.4, 0.5) is 14.5 Å². The fourth-order valence-corrected chi connectivity index (χ4v) is 3.54. The Balaban J connectivity index is 1.66. The van der Waals surface area contributed by atoms with Crippen LogP contribution >= 0.6 is 11.8 Å². The molecule has 9 heteroatoms. The largest absolute Gasteiger partial charge is 0.338 e. The van der Waals surface area contributed by atoms with Crippen molar-refractivity contribution in [1.82, 2.24) is 14.5 Å². The number of imidazole rings is 1. The van der Waals surface area contributed by atoms with Gasteiger partial charge in [-0.3, -0.25) is 14.2 Å². The van der Waals surface area contributed by atoms with E-state index < -0.39 is 12.5 Å². The molecule has 0 radical (unpaired) electrons. The summed E-state index contributed by atoms with van der Waals surface area (Å²) >= 11 is 1.61.